The monoisotopic (exact) mass is 422 g/mol. The van der Waals surface area contributed by atoms with Crippen LogP contribution < -0.4 is 9.75 Å². The van der Waals surface area contributed by atoms with Crippen LogP contribution in [0, 0.1) is 20.8 Å². The minimum Gasteiger partial charge on any atom is -0.307 e. The molecule has 0 amide bonds. The van der Waals surface area contributed by atoms with Gasteiger partial charge in [-0.3, -0.25) is 0 Å². The van der Waals surface area contributed by atoms with Gasteiger partial charge in [0.2, 0.25) is 0 Å². The number of aryl methyl sites for hydroxylation is 4. The fourth-order valence-electron chi connectivity index (χ4n) is 5.65. The molecule has 3 aromatic heterocycles. The molecule has 6 aromatic rings. The number of fused-ring (bicyclic) bond motifs is 6. The van der Waals surface area contributed by atoms with Crippen LogP contribution in [0.2, 0.25) is 19.6 Å². The van der Waals surface area contributed by atoms with E-state index in [0.717, 1.165) is 5.52 Å². The van der Waals surface area contributed by atoms with E-state index in [1.54, 1.807) is 0 Å². The molecule has 0 radical (unpaired) electrons. The third kappa shape index (κ3) is 2.23. The van der Waals surface area contributed by atoms with Crippen molar-refractivity contribution in [2.75, 3.05) is 0 Å². The first-order valence-electron chi connectivity index (χ1n) is 11.1. The molecule has 0 saturated carbocycles. The second-order valence-electron chi connectivity index (χ2n) is 10.2. The highest BCUT2D eigenvalue weighted by Crippen LogP contribution is 2.41. The topological polar surface area (TPSA) is 21.2 Å². The molecule has 0 N–H and O–H groups in total. The fourth-order valence-corrected chi connectivity index (χ4v) is 7.22. The molecule has 4 heteroatoms. The van der Waals surface area contributed by atoms with Gasteiger partial charge in [0.25, 0.3) is 6.33 Å². The molecule has 0 saturated heterocycles. The van der Waals surface area contributed by atoms with Crippen LogP contribution in [0.15, 0.2) is 42.7 Å². The zero-order chi connectivity index (χ0) is 21.8. The van der Waals surface area contributed by atoms with Crippen molar-refractivity contribution in [1.29, 1.82) is 0 Å². The van der Waals surface area contributed by atoms with E-state index < -0.39 is 8.07 Å². The molecular formula is C27H28N3Si+. The van der Waals surface area contributed by atoms with Gasteiger partial charge in [-0.15, -0.1) is 0 Å². The molecular weight excluding hydrogens is 394 g/mol. The number of rotatable bonds is 1. The summed E-state index contributed by atoms with van der Waals surface area (Å²) in [4.78, 5) is 4.93. The molecule has 3 aromatic carbocycles. The van der Waals surface area contributed by atoms with Crippen LogP contribution in [0.5, 0.6) is 0 Å². The Morgan fingerprint density at radius 2 is 1.61 bits per heavy atom. The largest absolute Gasteiger partial charge is 0.307 e. The second kappa shape index (κ2) is 5.83. The summed E-state index contributed by atoms with van der Waals surface area (Å²) in [6.07, 6.45) is 2.00. The first kappa shape index (κ1) is 18.8. The Balaban J connectivity index is 2.15. The van der Waals surface area contributed by atoms with Gasteiger partial charge in [0, 0.05) is 16.2 Å². The Morgan fingerprint density at radius 1 is 0.871 bits per heavy atom. The van der Waals surface area contributed by atoms with Gasteiger partial charge in [-0.1, -0.05) is 43.9 Å². The molecule has 6 rings (SSSR count). The molecule has 0 bridgehead atoms. The number of hydrogen-bond acceptors (Lipinski definition) is 1. The third-order valence-corrected chi connectivity index (χ3v) is 9.17. The van der Waals surface area contributed by atoms with Crippen LogP contribution in [0.1, 0.15) is 16.7 Å². The van der Waals surface area contributed by atoms with Crippen LogP contribution in [-0.2, 0) is 7.05 Å². The van der Waals surface area contributed by atoms with Crippen LogP contribution in [-0.4, -0.2) is 17.5 Å². The van der Waals surface area contributed by atoms with Crippen molar-refractivity contribution >= 4 is 62.4 Å². The first-order valence-corrected chi connectivity index (χ1v) is 14.6. The molecule has 0 atom stereocenters. The number of benzene rings is 3. The summed E-state index contributed by atoms with van der Waals surface area (Å²) in [7, 11) is 0.527. The predicted octanol–water partition coefficient (Wildman–Crippen LogP) is 5.68. The molecule has 3 nitrogen and oxygen atoms in total. The normalized spacial score (nSPS) is 13.0. The van der Waals surface area contributed by atoms with Gasteiger partial charge in [-0.25, -0.2) is 4.57 Å². The Hall–Kier alpha value is -2.98. The van der Waals surface area contributed by atoms with Crippen LogP contribution in [0.3, 0.4) is 0 Å². The van der Waals surface area contributed by atoms with E-state index in [0.29, 0.717) is 0 Å². The van der Waals surface area contributed by atoms with E-state index in [4.69, 9.17) is 4.98 Å². The minimum atomic E-state index is -1.61. The van der Waals surface area contributed by atoms with Crippen molar-refractivity contribution < 1.29 is 4.57 Å². The van der Waals surface area contributed by atoms with Gasteiger partial charge < -0.3 is 4.40 Å². The van der Waals surface area contributed by atoms with Crippen molar-refractivity contribution in [3.8, 4) is 0 Å². The molecule has 31 heavy (non-hydrogen) atoms. The summed E-state index contributed by atoms with van der Waals surface area (Å²) >= 11 is 0. The molecule has 3 heterocycles. The quantitative estimate of drug-likeness (QED) is 0.145. The number of hydrogen-bond donors (Lipinski definition) is 0. The Labute approximate surface area is 183 Å². The van der Waals surface area contributed by atoms with Crippen LogP contribution >= 0.6 is 0 Å². The zero-order valence-corrected chi connectivity index (χ0v) is 20.4. The van der Waals surface area contributed by atoms with E-state index in [1.165, 1.54) is 65.5 Å². The molecule has 154 valence electrons. The number of aromatic nitrogens is 3. The number of pyridine rings is 1. The average Bonchev–Trinajstić information content (AvgIpc) is 3.06. The Morgan fingerprint density at radius 3 is 2.35 bits per heavy atom. The van der Waals surface area contributed by atoms with Crippen LogP contribution in [0.25, 0.3) is 49.1 Å². The van der Waals surface area contributed by atoms with Gasteiger partial charge in [0.1, 0.15) is 5.52 Å². The number of para-hydroxylation sites is 1. The van der Waals surface area contributed by atoms with Gasteiger partial charge in [0.05, 0.1) is 37.1 Å². The summed E-state index contributed by atoms with van der Waals surface area (Å²) in [5, 5.41) is 6.93. The second-order valence-corrected chi connectivity index (χ2v) is 15.2. The van der Waals surface area contributed by atoms with Crippen molar-refractivity contribution in [2.45, 2.75) is 40.4 Å². The van der Waals surface area contributed by atoms with E-state index >= 15 is 0 Å². The van der Waals surface area contributed by atoms with E-state index in [-0.39, 0.29) is 0 Å². The lowest BCUT2D eigenvalue weighted by molar-refractivity contribution is -0.646. The van der Waals surface area contributed by atoms with E-state index in [1.807, 2.05) is 6.33 Å². The lowest BCUT2D eigenvalue weighted by Gasteiger charge is -2.21. The maximum atomic E-state index is 4.93. The minimum absolute atomic E-state index is 1.12. The average molecular weight is 423 g/mol. The fraction of sp³-hybridized carbons (Fsp3) is 0.259. The van der Waals surface area contributed by atoms with Crippen molar-refractivity contribution in [2.24, 2.45) is 7.05 Å². The molecule has 0 unspecified atom stereocenters. The Kier molecular flexibility index (Phi) is 3.53. The van der Waals surface area contributed by atoms with Crippen LogP contribution in [0.4, 0.5) is 0 Å². The van der Waals surface area contributed by atoms with Gasteiger partial charge in [-0.2, -0.15) is 0 Å². The molecule has 0 fully saturated rings. The maximum absolute atomic E-state index is 4.93. The summed E-state index contributed by atoms with van der Waals surface area (Å²) in [6.45, 7) is 14.1. The summed E-state index contributed by atoms with van der Waals surface area (Å²) < 4.78 is 4.77. The SMILES string of the molecule is Cc1cc(C)c2c(c1C)c1c3c(cc([Si](C)(C)C)c4c5ccccc5n2c43)nc[n+]1C. The van der Waals surface area contributed by atoms with Gasteiger partial charge in [0.15, 0.2) is 5.52 Å². The maximum Gasteiger partial charge on any atom is 0.287 e. The highest BCUT2D eigenvalue weighted by atomic mass is 28.3. The van der Waals surface area contributed by atoms with E-state index in [2.05, 4.69) is 92.8 Å². The first-order chi connectivity index (χ1) is 14.7. The summed E-state index contributed by atoms with van der Waals surface area (Å²) in [6, 6.07) is 13.7. The van der Waals surface area contributed by atoms with E-state index in [9.17, 15) is 0 Å². The molecule has 0 aliphatic rings. The molecule has 0 aliphatic carbocycles. The predicted molar refractivity (Wildman–Crippen MR) is 135 cm³/mol. The lowest BCUT2D eigenvalue weighted by atomic mass is 9.96. The molecule has 0 aliphatic heterocycles. The Bertz CT molecular complexity index is 1700. The zero-order valence-electron chi connectivity index (χ0n) is 19.4. The van der Waals surface area contributed by atoms with Gasteiger partial charge >= 0.3 is 0 Å². The summed E-state index contributed by atoms with van der Waals surface area (Å²) in [5.41, 5.74) is 10.4. The van der Waals surface area contributed by atoms with Gasteiger partial charge in [-0.05, 0) is 59.8 Å². The molecule has 0 spiro atoms. The van der Waals surface area contributed by atoms with Crippen molar-refractivity contribution in [3.63, 3.8) is 0 Å². The smallest absolute Gasteiger partial charge is 0.287 e. The standard InChI is InChI=1S/C27H28N3Si/c1-15-12-16(2)25-22(17(15)3)26-24-19(28-14-29(26)4)13-21(31(5,6)7)23-18-10-8-9-11-20(18)30(25)27(23)24/h8-14H,1-7H3/q+1. The highest BCUT2D eigenvalue weighted by molar-refractivity contribution is 6.91. The number of nitrogens with zero attached hydrogens (tertiary/aromatic N) is 3. The van der Waals surface area contributed by atoms with Crippen molar-refractivity contribution in [3.05, 3.63) is 59.4 Å². The third-order valence-electron chi connectivity index (χ3n) is 7.16. The van der Waals surface area contributed by atoms with Crippen molar-refractivity contribution in [1.82, 2.24) is 9.38 Å². The summed E-state index contributed by atoms with van der Waals surface area (Å²) in [5.74, 6) is 0. The lowest BCUT2D eigenvalue weighted by Crippen LogP contribution is -2.38. The highest BCUT2D eigenvalue weighted by Gasteiger charge is 2.30.